The minimum Gasteiger partial charge on any atom is -0.406 e. The predicted octanol–water partition coefficient (Wildman–Crippen LogP) is 5.62. The molecule has 2 aliphatic carbocycles. The van der Waals surface area contributed by atoms with Crippen LogP contribution >= 0.6 is 0 Å². The summed E-state index contributed by atoms with van der Waals surface area (Å²) in [6.45, 7) is 2.62. The van der Waals surface area contributed by atoms with Crippen LogP contribution in [0, 0.1) is 12.8 Å². The molecule has 2 saturated carbocycles. The van der Waals surface area contributed by atoms with Gasteiger partial charge in [0.05, 0.1) is 0 Å². The number of aromatic nitrogens is 2. The SMILES string of the molecule is Cc1c(C(=O)NC2CC2)nc(-c2ccc(OC(F)(F)F)cc2)n1CCC1CCCCC1. The van der Waals surface area contributed by atoms with Gasteiger partial charge in [-0.2, -0.15) is 0 Å². The highest BCUT2D eigenvalue weighted by Gasteiger charge is 2.31. The molecule has 0 radical (unpaired) electrons. The molecular formula is C23H28F3N3O2. The number of hydrogen-bond acceptors (Lipinski definition) is 3. The number of nitrogens with one attached hydrogen (secondary N) is 1. The molecule has 0 saturated heterocycles. The lowest BCUT2D eigenvalue weighted by Crippen LogP contribution is -2.26. The first-order valence-corrected chi connectivity index (χ1v) is 11.0. The first-order valence-electron chi connectivity index (χ1n) is 11.0. The van der Waals surface area contributed by atoms with Gasteiger partial charge in [0, 0.05) is 23.8 Å². The molecule has 1 aromatic heterocycles. The number of imidazole rings is 1. The minimum absolute atomic E-state index is 0.185. The lowest BCUT2D eigenvalue weighted by atomic mass is 9.87. The van der Waals surface area contributed by atoms with Crippen LogP contribution in [-0.4, -0.2) is 27.9 Å². The quantitative estimate of drug-likeness (QED) is 0.614. The molecule has 1 aromatic carbocycles. The fraction of sp³-hybridized carbons (Fsp3) is 0.565. The summed E-state index contributed by atoms with van der Waals surface area (Å²) >= 11 is 0. The first kappa shape index (κ1) is 21.7. The summed E-state index contributed by atoms with van der Waals surface area (Å²) in [6.07, 6.45) is 4.51. The Bertz CT molecular complexity index is 911. The molecule has 8 heteroatoms. The van der Waals surface area contributed by atoms with Crippen molar-refractivity contribution in [2.45, 2.75) is 77.2 Å². The number of carbonyl (C=O) groups is 1. The number of ether oxygens (including phenoxy) is 1. The van der Waals surface area contributed by atoms with E-state index in [9.17, 15) is 18.0 Å². The summed E-state index contributed by atoms with van der Waals surface area (Å²) in [4.78, 5) is 17.3. The molecule has 5 nitrogen and oxygen atoms in total. The molecule has 1 heterocycles. The van der Waals surface area contributed by atoms with E-state index < -0.39 is 6.36 Å². The van der Waals surface area contributed by atoms with E-state index >= 15 is 0 Å². The molecule has 1 N–H and O–H groups in total. The summed E-state index contributed by atoms with van der Waals surface area (Å²) in [7, 11) is 0. The van der Waals surface area contributed by atoms with Gasteiger partial charge in [-0.25, -0.2) is 4.98 Å². The van der Waals surface area contributed by atoms with Crippen LogP contribution in [0.25, 0.3) is 11.4 Å². The van der Waals surface area contributed by atoms with E-state index in [0.29, 0.717) is 23.0 Å². The predicted molar refractivity (Wildman–Crippen MR) is 111 cm³/mol. The van der Waals surface area contributed by atoms with Crippen molar-refractivity contribution in [1.82, 2.24) is 14.9 Å². The van der Waals surface area contributed by atoms with Gasteiger partial charge in [0.2, 0.25) is 0 Å². The van der Waals surface area contributed by atoms with Gasteiger partial charge in [0.1, 0.15) is 17.3 Å². The molecule has 2 aliphatic rings. The summed E-state index contributed by atoms with van der Waals surface area (Å²) in [5.41, 5.74) is 1.84. The number of halogens is 3. The van der Waals surface area contributed by atoms with Crippen molar-refractivity contribution in [3.05, 3.63) is 35.7 Å². The number of hydrogen-bond donors (Lipinski definition) is 1. The van der Waals surface area contributed by atoms with Gasteiger partial charge in [0.25, 0.3) is 5.91 Å². The third-order valence-corrected chi connectivity index (χ3v) is 6.18. The van der Waals surface area contributed by atoms with Gasteiger partial charge in [-0.05, 0) is 56.4 Å². The van der Waals surface area contributed by atoms with Gasteiger partial charge in [-0.15, -0.1) is 13.2 Å². The topological polar surface area (TPSA) is 56.1 Å². The highest BCUT2D eigenvalue weighted by Crippen LogP contribution is 2.31. The van der Waals surface area contributed by atoms with E-state index in [1.165, 1.54) is 44.2 Å². The zero-order valence-corrected chi connectivity index (χ0v) is 17.7. The van der Waals surface area contributed by atoms with E-state index in [-0.39, 0.29) is 17.7 Å². The number of nitrogens with zero attached hydrogens (tertiary/aromatic N) is 2. The van der Waals surface area contributed by atoms with Gasteiger partial charge >= 0.3 is 6.36 Å². The summed E-state index contributed by atoms with van der Waals surface area (Å²) in [6, 6.07) is 5.90. The third-order valence-electron chi connectivity index (χ3n) is 6.18. The summed E-state index contributed by atoms with van der Waals surface area (Å²) < 4.78 is 43.4. The number of benzene rings is 1. The highest BCUT2D eigenvalue weighted by molar-refractivity contribution is 5.94. The lowest BCUT2D eigenvalue weighted by molar-refractivity contribution is -0.274. The number of rotatable bonds is 7. The van der Waals surface area contributed by atoms with Crippen LogP contribution in [-0.2, 0) is 6.54 Å². The van der Waals surface area contributed by atoms with E-state index in [1.807, 2.05) is 11.5 Å². The van der Waals surface area contributed by atoms with Crippen molar-refractivity contribution in [2.75, 3.05) is 0 Å². The van der Waals surface area contributed by atoms with Crippen LogP contribution in [0.3, 0.4) is 0 Å². The molecule has 0 unspecified atom stereocenters. The molecule has 0 aliphatic heterocycles. The standard InChI is InChI=1S/C23H28F3N3O2/c1-15-20(22(30)27-18-9-10-18)28-21(29(15)14-13-16-5-3-2-4-6-16)17-7-11-19(12-8-17)31-23(24,25)26/h7-8,11-12,16,18H,2-6,9-10,13-14H2,1H3,(H,27,30). The van der Waals surface area contributed by atoms with Crippen molar-refractivity contribution in [2.24, 2.45) is 5.92 Å². The average Bonchev–Trinajstić information content (AvgIpc) is 3.48. The van der Waals surface area contributed by atoms with Gasteiger partial charge in [0.15, 0.2) is 0 Å². The van der Waals surface area contributed by atoms with Crippen LogP contribution in [0.15, 0.2) is 24.3 Å². The van der Waals surface area contributed by atoms with Crippen LogP contribution in [0.1, 0.15) is 67.5 Å². The Kier molecular flexibility index (Phi) is 6.25. The summed E-state index contributed by atoms with van der Waals surface area (Å²) in [5.74, 6) is 0.803. The molecule has 4 rings (SSSR count). The zero-order valence-electron chi connectivity index (χ0n) is 17.7. The number of amides is 1. The maximum atomic E-state index is 12.7. The second-order valence-electron chi connectivity index (χ2n) is 8.63. The maximum absolute atomic E-state index is 12.7. The number of alkyl halides is 3. The number of carbonyl (C=O) groups excluding carboxylic acids is 1. The second kappa shape index (κ2) is 8.93. The van der Waals surface area contributed by atoms with E-state index in [4.69, 9.17) is 0 Å². The van der Waals surface area contributed by atoms with Gasteiger partial charge in [-0.1, -0.05) is 32.1 Å². The molecule has 168 valence electrons. The van der Waals surface area contributed by atoms with Crippen LogP contribution < -0.4 is 10.1 Å². The van der Waals surface area contributed by atoms with Crippen LogP contribution in [0.2, 0.25) is 0 Å². The Hall–Kier alpha value is -2.51. The largest absolute Gasteiger partial charge is 0.573 e. The molecule has 2 aromatic rings. The highest BCUT2D eigenvalue weighted by atomic mass is 19.4. The fourth-order valence-electron chi connectivity index (χ4n) is 4.32. The first-order chi connectivity index (χ1) is 14.8. The molecule has 0 atom stereocenters. The van der Waals surface area contributed by atoms with Crippen LogP contribution in [0.5, 0.6) is 5.75 Å². The zero-order chi connectivity index (χ0) is 22.0. The Morgan fingerprint density at radius 2 is 1.81 bits per heavy atom. The maximum Gasteiger partial charge on any atom is 0.573 e. The van der Waals surface area contributed by atoms with Crippen molar-refractivity contribution in [3.8, 4) is 17.1 Å². The van der Waals surface area contributed by atoms with Crippen molar-refractivity contribution in [1.29, 1.82) is 0 Å². The molecule has 31 heavy (non-hydrogen) atoms. The van der Waals surface area contributed by atoms with Gasteiger partial charge < -0.3 is 14.6 Å². The van der Waals surface area contributed by atoms with Crippen molar-refractivity contribution < 1.29 is 22.7 Å². The monoisotopic (exact) mass is 435 g/mol. The molecule has 0 spiro atoms. The Morgan fingerprint density at radius 1 is 1.13 bits per heavy atom. The van der Waals surface area contributed by atoms with E-state index in [0.717, 1.165) is 31.5 Å². The minimum atomic E-state index is -4.73. The third kappa shape index (κ3) is 5.60. The van der Waals surface area contributed by atoms with Crippen LogP contribution in [0.4, 0.5) is 13.2 Å². The molecule has 0 bridgehead atoms. The Labute approximate surface area is 180 Å². The van der Waals surface area contributed by atoms with Crippen molar-refractivity contribution in [3.63, 3.8) is 0 Å². The molecule has 1 amide bonds. The van der Waals surface area contributed by atoms with E-state index in [1.54, 1.807) is 12.1 Å². The molecular weight excluding hydrogens is 407 g/mol. The fourth-order valence-corrected chi connectivity index (χ4v) is 4.32. The summed E-state index contributed by atoms with van der Waals surface area (Å²) in [5, 5.41) is 2.98. The van der Waals surface area contributed by atoms with Crippen molar-refractivity contribution >= 4 is 5.91 Å². The lowest BCUT2D eigenvalue weighted by Gasteiger charge is -2.22. The Morgan fingerprint density at radius 3 is 2.42 bits per heavy atom. The Balaban J connectivity index is 1.59. The average molecular weight is 435 g/mol. The molecule has 2 fully saturated rings. The normalized spacial score (nSPS) is 17.5. The van der Waals surface area contributed by atoms with E-state index in [2.05, 4.69) is 15.0 Å². The smallest absolute Gasteiger partial charge is 0.406 e. The second-order valence-corrected chi connectivity index (χ2v) is 8.63. The van der Waals surface area contributed by atoms with Gasteiger partial charge in [-0.3, -0.25) is 4.79 Å².